The molecule has 0 amide bonds. The Hall–Kier alpha value is -0.570. The average molecular weight is 210 g/mol. The molecule has 0 unspecified atom stereocenters. The van der Waals surface area contributed by atoms with Crippen molar-refractivity contribution < 1.29 is 12.3 Å². The number of rotatable bonds is 1. The molecule has 0 spiro atoms. The molecule has 0 bridgehead atoms. The zero-order valence-electron chi connectivity index (χ0n) is 13.8. The van der Waals surface area contributed by atoms with Crippen LogP contribution in [0.1, 0.15) is 12.3 Å². The highest BCUT2D eigenvalue weighted by Gasteiger charge is 1.94. The number of hydrogen-bond acceptors (Lipinski definition) is 2. The Kier molecular flexibility index (Phi) is 0.594. The van der Waals surface area contributed by atoms with Crippen LogP contribution in [0.2, 0.25) is 0 Å². The average Bonchev–Trinajstić information content (AvgIpc) is 2.19. The van der Waals surface area contributed by atoms with E-state index in [-0.39, 0.29) is 9.37 Å². The van der Waals surface area contributed by atoms with E-state index in [1.54, 1.807) is 0 Å². The van der Waals surface area contributed by atoms with Gasteiger partial charge in [-0.3, -0.25) is 0 Å². The molecule has 0 N–H and O–H groups in total. The largest absolute Gasteiger partial charge is 0.363 e. The summed E-state index contributed by atoms with van der Waals surface area (Å²) >= 11 is 2.85. The van der Waals surface area contributed by atoms with Gasteiger partial charge in [0.15, 0.2) is 0 Å². The minimum absolute atomic E-state index is 0.0184. The van der Waals surface area contributed by atoms with E-state index in [0.717, 1.165) is 0 Å². The van der Waals surface area contributed by atoms with Crippen LogP contribution in [0.15, 0.2) is 22.7 Å². The van der Waals surface area contributed by atoms with Gasteiger partial charge in [0.05, 0.1) is 4.11 Å². The fraction of sp³-hybridized carbons (Fsp3) is 0.286. The second-order valence-electron chi connectivity index (χ2n) is 1.45. The Balaban J connectivity index is 3.58. The number of halogens is 1. The fourth-order valence-corrected chi connectivity index (χ4v) is 0.659. The summed E-state index contributed by atoms with van der Waals surface area (Å²) in [6.07, 6.45) is -0.614. The van der Waals surface area contributed by atoms with Gasteiger partial charge in [-0.05, 0) is 12.1 Å². The molecular weight excluding hydrogens is 192 g/mol. The molecule has 0 saturated heterocycles. The fourth-order valence-electron chi connectivity index (χ4n) is 0.393. The van der Waals surface area contributed by atoms with Gasteiger partial charge in [-0.2, -0.15) is 0 Å². The lowest BCUT2D eigenvalue weighted by atomic mass is 10.4. The smallest absolute Gasteiger partial charge is 0.129 e. The minimum Gasteiger partial charge on any atom is -0.363 e. The van der Waals surface area contributed by atoms with Gasteiger partial charge in [-0.15, -0.1) is 0 Å². The van der Waals surface area contributed by atoms with E-state index in [9.17, 15) is 0 Å². The van der Waals surface area contributed by atoms with Crippen molar-refractivity contribution in [1.82, 2.24) is 4.98 Å². The Morgan fingerprint density at radius 1 is 1.80 bits per heavy atom. The first kappa shape index (κ1) is 1.97. The maximum Gasteiger partial charge on any atom is 0.129 e. The van der Waals surface area contributed by atoms with Crippen LogP contribution < -0.4 is 4.90 Å². The van der Waals surface area contributed by atoms with E-state index in [4.69, 9.17) is 12.3 Å². The molecule has 0 fully saturated rings. The molecule has 0 aromatic carbocycles. The van der Waals surface area contributed by atoms with E-state index in [0.29, 0.717) is 0 Å². The third-order valence-electron chi connectivity index (χ3n) is 0.761. The summed E-state index contributed by atoms with van der Waals surface area (Å²) in [5.74, 6) is -0.687. The monoisotopic (exact) mass is 209 g/mol. The van der Waals surface area contributed by atoms with Crippen molar-refractivity contribution >= 4 is 21.7 Å². The number of hydrogen-bond donors (Lipinski definition) is 0. The lowest BCUT2D eigenvalue weighted by Gasteiger charge is -2.09. The lowest BCUT2D eigenvalue weighted by Crippen LogP contribution is -2.09. The Labute approximate surface area is 81.7 Å². The summed E-state index contributed by atoms with van der Waals surface area (Å²) in [5.41, 5.74) is 0. The highest BCUT2D eigenvalue weighted by molar-refractivity contribution is 9.10. The Morgan fingerprint density at radius 2 is 2.60 bits per heavy atom. The summed E-state index contributed by atoms with van der Waals surface area (Å²) in [5, 5.41) is 0. The van der Waals surface area contributed by atoms with E-state index < -0.39 is 38.0 Å². The maximum absolute atomic E-state index is 7.67. The highest BCUT2D eigenvalue weighted by Crippen LogP contribution is 2.13. The van der Waals surface area contributed by atoms with Crippen LogP contribution in [0.4, 0.5) is 5.82 Å². The molecule has 1 heterocycles. The minimum atomic E-state index is -3.05. The van der Waals surface area contributed by atoms with Crippen molar-refractivity contribution in [2.45, 2.75) is 0 Å². The summed E-state index contributed by atoms with van der Waals surface area (Å²) in [4.78, 5) is 3.45. The second kappa shape index (κ2) is 3.01. The van der Waals surface area contributed by atoms with Crippen LogP contribution in [0, 0.1) is 0 Å². The summed E-state index contributed by atoms with van der Waals surface area (Å²) in [6, 6.07) is -0.974. The topological polar surface area (TPSA) is 16.1 Å². The normalized spacial score (nSPS) is 25.1. The number of nitrogens with zero attached hydrogens (tertiary/aromatic N) is 2. The molecule has 0 radical (unpaired) electrons. The number of anilines is 1. The first-order chi connectivity index (χ1) is 8.37. The van der Waals surface area contributed by atoms with E-state index >= 15 is 0 Å². The maximum atomic E-state index is 7.67. The van der Waals surface area contributed by atoms with Crippen molar-refractivity contribution in [1.29, 1.82) is 0 Å². The van der Waals surface area contributed by atoms with Gasteiger partial charge in [0, 0.05) is 32.8 Å². The molecule has 0 saturated carbocycles. The predicted molar refractivity (Wildman–Crippen MR) is 46.3 cm³/mol. The molecule has 54 valence electrons. The second-order valence-corrected chi connectivity index (χ2v) is 2.24. The predicted octanol–water partition coefficient (Wildman–Crippen LogP) is 1.91. The third-order valence-corrected chi connectivity index (χ3v) is 1.16. The van der Waals surface area contributed by atoms with Gasteiger partial charge in [-0.1, -0.05) is 15.9 Å². The van der Waals surface area contributed by atoms with Gasteiger partial charge in [0.1, 0.15) is 5.82 Å². The quantitative estimate of drug-likeness (QED) is 0.703. The van der Waals surface area contributed by atoms with Crippen molar-refractivity contribution in [3.8, 4) is 0 Å². The lowest BCUT2D eigenvalue weighted by molar-refractivity contribution is 1.07. The molecule has 0 aliphatic heterocycles. The zero-order valence-corrected chi connectivity index (χ0v) is 6.36. The Bertz CT molecular complexity index is 481. The van der Waals surface area contributed by atoms with Crippen molar-refractivity contribution in [2.24, 2.45) is 0 Å². The van der Waals surface area contributed by atoms with Crippen molar-refractivity contribution in [2.75, 3.05) is 18.9 Å². The van der Waals surface area contributed by atoms with Crippen LogP contribution >= 0.6 is 15.9 Å². The summed E-state index contributed by atoms with van der Waals surface area (Å²) in [6.45, 7) is -6.10. The number of pyridine rings is 1. The van der Waals surface area contributed by atoms with Gasteiger partial charge in [0.25, 0.3) is 0 Å². The number of aromatic nitrogens is 1. The van der Waals surface area contributed by atoms with Crippen LogP contribution in [0.25, 0.3) is 0 Å². The van der Waals surface area contributed by atoms with E-state index in [1.165, 1.54) is 0 Å². The van der Waals surface area contributed by atoms with Crippen LogP contribution in [-0.4, -0.2) is 18.9 Å². The summed E-state index contributed by atoms with van der Waals surface area (Å²) in [7, 11) is 0. The van der Waals surface area contributed by atoms with E-state index in [2.05, 4.69) is 20.9 Å². The summed E-state index contributed by atoms with van der Waals surface area (Å²) < 4.78 is 65.7. The third kappa shape index (κ3) is 1.70. The van der Waals surface area contributed by atoms with Crippen LogP contribution in [0.3, 0.4) is 0 Å². The molecule has 0 aliphatic rings. The molecule has 1 aromatic rings. The molecule has 2 nitrogen and oxygen atoms in total. The molecule has 0 atom stereocenters. The molecule has 1 aromatic heterocycles. The first-order valence-corrected chi connectivity index (χ1v) is 3.10. The van der Waals surface area contributed by atoms with Crippen LogP contribution in [-0.2, 0) is 0 Å². The molecule has 1 rings (SSSR count). The molecule has 10 heavy (non-hydrogen) atoms. The van der Waals surface area contributed by atoms with Crippen LogP contribution in [0.5, 0.6) is 0 Å². The van der Waals surface area contributed by atoms with E-state index in [1.807, 2.05) is 0 Å². The zero-order chi connectivity index (χ0) is 15.2. The molecule has 3 heteroatoms. The molecule has 0 aliphatic carbocycles. The van der Waals surface area contributed by atoms with Crippen molar-refractivity contribution in [3.63, 3.8) is 0 Å². The molecular formula is C7H9BrN2. The first-order valence-electron chi connectivity index (χ1n) is 6.81. The SMILES string of the molecule is [2H]c1nc(N(C([2H])([2H])[2H])C([2H])([2H])[2H])c([2H])c(Br)c1[2H]. The van der Waals surface area contributed by atoms with Gasteiger partial charge in [0.2, 0.25) is 0 Å². The van der Waals surface area contributed by atoms with Gasteiger partial charge < -0.3 is 4.90 Å². The van der Waals surface area contributed by atoms with Crippen molar-refractivity contribution in [3.05, 3.63) is 22.7 Å². The van der Waals surface area contributed by atoms with Gasteiger partial charge >= 0.3 is 0 Å². The Morgan fingerprint density at radius 3 is 3.30 bits per heavy atom. The highest BCUT2D eigenvalue weighted by atomic mass is 79.9. The van der Waals surface area contributed by atoms with Gasteiger partial charge in [-0.25, -0.2) is 4.98 Å². The standard InChI is InChI=1S/C7H9BrN2/c1-10(2)7-5-6(8)3-4-9-7/h3-5H,1-2H3/i1D3,2D3,3D,4D,5D.